The first-order valence-corrected chi connectivity index (χ1v) is 17.5. The van der Waals surface area contributed by atoms with E-state index >= 15 is 0 Å². The average molecular weight is 698 g/mol. The smallest absolute Gasteiger partial charge is 0.327 e. The Balaban J connectivity index is 1.05. The summed E-state index contributed by atoms with van der Waals surface area (Å²) in [7, 11) is 0. The Hall–Kier alpha value is -3.85. The molecular formula is C36H51N5O9. The van der Waals surface area contributed by atoms with Crippen LogP contribution in [0.1, 0.15) is 73.1 Å². The highest BCUT2D eigenvalue weighted by atomic mass is 16.6. The van der Waals surface area contributed by atoms with Crippen molar-refractivity contribution in [3.05, 3.63) is 54.7 Å². The Labute approximate surface area is 293 Å². The molecule has 3 saturated heterocycles. The number of nitrogens with zero attached hydrogens (tertiary/aromatic N) is 2. The number of aliphatic hydroxyl groups excluding tert-OH is 1. The molecule has 4 fully saturated rings. The highest BCUT2D eigenvalue weighted by Gasteiger charge is 2.58. The molecule has 14 heteroatoms. The highest BCUT2D eigenvalue weighted by Crippen LogP contribution is 2.43. The second-order valence-electron chi connectivity index (χ2n) is 14.2. The second-order valence-corrected chi connectivity index (χ2v) is 14.2. The number of hydrogen-bond donors (Lipinski definition) is 4. The lowest BCUT2D eigenvalue weighted by atomic mass is 9.85. The molecule has 4 aliphatic rings. The Bertz CT molecular complexity index is 1450. The van der Waals surface area contributed by atoms with Crippen LogP contribution >= 0.6 is 0 Å². The van der Waals surface area contributed by atoms with Crippen LogP contribution in [-0.2, 0) is 33.3 Å². The molecule has 3 aliphatic heterocycles. The summed E-state index contributed by atoms with van der Waals surface area (Å²) in [5.74, 6) is -0.596. The molecule has 0 bridgehead atoms. The molecule has 14 nitrogen and oxygen atoms in total. The number of allylic oxidation sites excluding steroid dienone is 2. The molecule has 0 radical (unpaired) electrons. The Morgan fingerprint density at radius 3 is 2.50 bits per heavy atom. The van der Waals surface area contributed by atoms with E-state index in [2.05, 4.69) is 33.9 Å². The highest BCUT2D eigenvalue weighted by molar-refractivity contribution is 5.87. The Kier molecular flexibility index (Phi) is 12.3. The largest absolute Gasteiger partial charge is 0.459 e. The fourth-order valence-electron chi connectivity index (χ4n) is 6.86. The molecule has 50 heavy (non-hydrogen) atoms. The SMILES string of the molecule is CC(=O)O[C@@H](C)C=CC(=O)N[C@@H]1C[C@H](C)[C@H](CC=C(C)C=C[C@H]2O[C@H](CC(=O)N[C@H]3C[C@H](NC(=O)n4ccnc4)C3)C[C@@]3(CO3)[C@@H]2O)O[C@@H]1C. The van der Waals surface area contributed by atoms with Gasteiger partial charge in [-0.2, -0.15) is 0 Å². The molecule has 9 atom stereocenters. The van der Waals surface area contributed by atoms with Crippen molar-refractivity contribution in [1.82, 2.24) is 25.5 Å². The zero-order valence-corrected chi connectivity index (χ0v) is 29.4. The molecule has 4 heterocycles. The molecule has 274 valence electrons. The van der Waals surface area contributed by atoms with Crippen LogP contribution in [0.15, 0.2) is 54.7 Å². The number of carbonyl (C=O) groups excluding carboxylic acids is 4. The summed E-state index contributed by atoms with van der Waals surface area (Å²) >= 11 is 0. The number of carbonyl (C=O) groups is 4. The van der Waals surface area contributed by atoms with Gasteiger partial charge < -0.3 is 40.0 Å². The Morgan fingerprint density at radius 2 is 1.82 bits per heavy atom. The van der Waals surface area contributed by atoms with Crippen molar-refractivity contribution in [2.24, 2.45) is 5.92 Å². The number of imidazole rings is 1. The lowest BCUT2D eigenvalue weighted by Gasteiger charge is -2.39. The van der Waals surface area contributed by atoms with E-state index in [4.69, 9.17) is 18.9 Å². The van der Waals surface area contributed by atoms with Gasteiger partial charge in [0.25, 0.3) is 0 Å². The number of aromatic nitrogens is 2. The molecule has 1 aromatic rings. The average Bonchev–Trinajstić information content (AvgIpc) is 3.57. The topological polar surface area (TPSA) is 183 Å². The van der Waals surface area contributed by atoms with Gasteiger partial charge >= 0.3 is 12.0 Å². The molecule has 1 aliphatic carbocycles. The monoisotopic (exact) mass is 697 g/mol. The van der Waals surface area contributed by atoms with Gasteiger partial charge in [-0.25, -0.2) is 9.78 Å². The van der Waals surface area contributed by atoms with Crippen LogP contribution in [0.25, 0.3) is 0 Å². The van der Waals surface area contributed by atoms with E-state index in [9.17, 15) is 24.3 Å². The quantitative estimate of drug-likeness (QED) is 0.110. The summed E-state index contributed by atoms with van der Waals surface area (Å²) in [5.41, 5.74) is 0.288. The minimum Gasteiger partial charge on any atom is -0.459 e. The number of rotatable bonds is 12. The van der Waals surface area contributed by atoms with E-state index in [1.165, 1.54) is 23.9 Å². The van der Waals surface area contributed by atoms with Crippen LogP contribution < -0.4 is 16.0 Å². The van der Waals surface area contributed by atoms with Gasteiger partial charge in [-0.15, -0.1) is 0 Å². The molecule has 3 amide bonds. The van der Waals surface area contributed by atoms with Crippen molar-refractivity contribution in [3.8, 4) is 0 Å². The van der Waals surface area contributed by atoms with Gasteiger partial charge in [0.2, 0.25) is 11.8 Å². The van der Waals surface area contributed by atoms with E-state index in [0.717, 1.165) is 12.0 Å². The fourth-order valence-corrected chi connectivity index (χ4v) is 6.86. The summed E-state index contributed by atoms with van der Waals surface area (Å²) in [4.78, 5) is 52.5. The van der Waals surface area contributed by atoms with Crippen molar-refractivity contribution >= 4 is 23.8 Å². The van der Waals surface area contributed by atoms with Crippen LogP contribution in [0.5, 0.6) is 0 Å². The second kappa shape index (κ2) is 16.4. The molecule has 1 saturated carbocycles. The number of nitrogens with one attached hydrogen (secondary N) is 3. The van der Waals surface area contributed by atoms with Crippen LogP contribution in [0.2, 0.25) is 0 Å². The number of esters is 1. The van der Waals surface area contributed by atoms with Gasteiger partial charge in [-0.3, -0.25) is 19.0 Å². The first-order chi connectivity index (χ1) is 23.8. The summed E-state index contributed by atoms with van der Waals surface area (Å²) in [5, 5.41) is 20.0. The van der Waals surface area contributed by atoms with Gasteiger partial charge in [-0.05, 0) is 58.4 Å². The minimum atomic E-state index is -0.841. The van der Waals surface area contributed by atoms with Crippen LogP contribution in [0.4, 0.5) is 4.79 Å². The van der Waals surface area contributed by atoms with Crippen molar-refractivity contribution in [3.63, 3.8) is 0 Å². The zero-order valence-electron chi connectivity index (χ0n) is 29.4. The van der Waals surface area contributed by atoms with Crippen LogP contribution in [0.3, 0.4) is 0 Å². The van der Waals surface area contributed by atoms with E-state index in [1.807, 2.05) is 26.0 Å². The number of aliphatic hydroxyl groups is 1. The van der Waals surface area contributed by atoms with Crippen LogP contribution in [-0.4, -0.2) is 105 Å². The normalized spacial score (nSPS) is 34.6. The number of epoxide rings is 1. The van der Waals surface area contributed by atoms with Gasteiger partial charge in [0.05, 0.1) is 37.4 Å². The van der Waals surface area contributed by atoms with Crippen molar-refractivity contribution in [2.75, 3.05) is 6.61 Å². The molecule has 4 N–H and O–H groups in total. The van der Waals surface area contributed by atoms with E-state index < -0.39 is 36.0 Å². The Morgan fingerprint density at radius 1 is 1.08 bits per heavy atom. The fraction of sp³-hybridized carbons (Fsp3) is 0.639. The van der Waals surface area contributed by atoms with Crippen molar-refractivity contribution in [1.29, 1.82) is 0 Å². The predicted molar refractivity (Wildman–Crippen MR) is 182 cm³/mol. The van der Waals surface area contributed by atoms with E-state index in [0.29, 0.717) is 32.3 Å². The lowest BCUT2D eigenvalue weighted by molar-refractivity contribution is -0.146. The lowest BCUT2D eigenvalue weighted by Crippen LogP contribution is -2.55. The number of amides is 3. The third kappa shape index (κ3) is 10.1. The molecule has 1 aromatic heterocycles. The van der Waals surface area contributed by atoms with Gasteiger partial charge in [0.1, 0.15) is 30.2 Å². The summed E-state index contributed by atoms with van der Waals surface area (Å²) in [6, 6.07) is -0.415. The summed E-state index contributed by atoms with van der Waals surface area (Å²) < 4.78 is 24.6. The predicted octanol–water partition coefficient (Wildman–Crippen LogP) is 2.46. The number of ether oxygens (including phenoxy) is 4. The van der Waals surface area contributed by atoms with Crippen LogP contribution in [0, 0.1) is 5.92 Å². The maximum absolute atomic E-state index is 12.9. The molecule has 0 aromatic carbocycles. The van der Waals surface area contributed by atoms with Gasteiger partial charge in [0, 0.05) is 43.9 Å². The molecule has 0 unspecified atom stereocenters. The van der Waals surface area contributed by atoms with Gasteiger partial charge in [-0.1, -0.05) is 30.7 Å². The van der Waals surface area contributed by atoms with Gasteiger partial charge in [0.15, 0.2) is 0 Å². The van der Waals surface area contributed by atoms with E-state index in [-0.39, 0.29) is 60.5 Å². The standard InChI is InChI=1S/C36H51N5O9/c1-21(6-9-30-22(2)14-29(24(4)49-30)40-32(43)11-8-23(3)48-25(5)42)7-10-31-34(45)36(19-47-36)18-28(50-31)17-33(44)38-26-15-27(16-26)39-35(46)41-13-12-37-20-41/h6-8,10-13,20,22-24,26-31,34,45H,9,14-19H2,1-5H3,(H,38,44)(H,39,46)(H,40,43)/t22-,23-,24+,26-,27-,28+,29+,30-,31+,34+,36+/m0/s1. The first kappa shape index (κ1) is 37.4. The molecular weight excluding hydrogens is 646 g/mol. The maximum Gasteiger partial charge on any atom is 0.327 e. The zero-order chi connectivity index (χ0) is 36.0. The van der Waals surface area contributed by atoms with Crippen molar-refractivity contribution < 1.29 is 43.2 Å². The third-order valence-electron chi connectivity index (χ3n) is 9.91. The van der Waals surface area contributed by atoms with Crippen molar-refractivity contribution in [2.45, 2.75) is 133 Å². The first-order valence-electron chi connectivity index (χ1n) is 17.5. The summed E-state index contributed by atoms with van der Waals surface area (Å²) in [6.07, 6.45) is 14.1. The molecule has 1 spiro atoms. The molecule has 5 rings (SSSR count). The van der Waals surface area contributed by atoms with E-state index in [1.54, 1.807) is 25.4 Å². The summed E-state index contributed by atoms with van der Waals surface area (Å²) in [6.45, 7) is 9.48. The number of hydrogen-bond acceptors (Lipinski definition) is 10. The maximum atomic E-state index is 12.9. The third-order valence-corrected chi connectivity index (χ3v) is 9.91. The minimum absolute atomic E-state index is 0.00956.